The van der Waals surface area contributed by atoms with E-state index in [1.165, 1.54) is 38.5 Å². The quantitative estimate of drug-likeness (QED) is 0.161. The number of hydrogen-bond donors (Lipinski definition) is 0. The van der Waals surface area contributed by atoms with Gasteiger partial charge in [-0.2, -0.15) is 30.6 Å². The molecule has 0 atom stereocenters. The largest absolute Gasteiger partial charge is 0.504 e. The molecule has 0 N–H and O–H groups in total. The van der Waals surface area contributed by atoms with Gasteiger partial charge in [0.25, 0.3) is 0 Å². The van der Waals surface area contributed by atoms with E-state index >= 15 is 0 Å². The second kappa shape index (κ2) is 14.9. The Labute approximate surface area is 379 Å². The number of benzene rings is 5. The van der Waals surface area contributed by atoms with Gasteiger partial charge in [-0.15, -0.1) is 17.5 Å². The molecule has 1 aliphatic rings. The number of para-hydroxylation sites is 2. The van der Waals surface area contributed by atoms with E-state index in [0.717, 1.165) is 50.4 Å². The van der Waals surface area contributed by atoms with E-state index < -0.39 is 0 Å². The van der Waals surface area contributed by atoms with Crippen molar-refractivity contribution in [2.75, 3.05) is 16.8 Å². The topological polar surface area (TPSA) is 51.4 Å². The molecule has 0 saturated carbocycles. The molecule has 0 aliphatic carbocycles. The number of ether oxygens (including phenoxy) is 1. The van der Waals surface area contributed by atoms with Gasteiger partial charge < -0.3 is 23.7 Å². The molecule has 316 valence electrons. The van der Waals surface area contributed by atoms with Gasteiger partial charge in [0.05, 0.1) is 11.0 Å². The molecular weight excluding hydrogens is 944 g/mol. The fourth-order valence-electron chi connectivity index (χ4n) is 8.70. The van der Waals surface area contributed by atoms with Crippen LogP contribution in [0.4, 0.5) is 17.1 Å². The molecule has 0 saturated heterocycles. The van der Waals surface area contributed by atoms with E-state index in [0.29, 0.717) is 11.6 Å². The maximum absolute atomic E-state index is 6.50. The van der Waals surface area contributed by atoms with E-state index in [9.17, 15) is 0 Å². The Bertz CT molecular complexity index is 3120. The van der Waals surface area contributed by atoms with Crippen molar-refractivity contribution >= 4 is 60.7 Å². The predicted octanol–water partition coefficient (Wildman–Crippen LogP) is 13.7. The molecule has 10 rings (SSSR count). The summed E-state index contributed by atoms with van der Waals surface area (Å²) in [7, 11) is 2.05. The van der Waals surface area contributed by atoms with Gasteiger partial charge in [-0.3, -0.25) is 4.98 Å². The summed E-state index contributed by atoms with van der Waals surface area (Å²) in [6.45, 7) is 22.5. The van der Waals surface area contributed by atoms with Crippen molar-refractivity contribution in [3.63, 3.8) is 0 Å². The molecule has 62 heavy (non-hydrogen) atoms. The summed E-state index contributed by atoms with van der Waals surface area (Å²) < 4.78 is 11.1. The maximum atomic E-state index is 6.50. The molecule has 5 aromatic carbocycles. The Morgan fingerprint density at radius 2 is 1.13 bits per heavy atom. The second-order valence-electron chi connectivity index (χ2n) is 19.5. The number of anilines is 3. The van der Waals surface area contributed by atoms with Crippen LogP contribution in [0.3, 0.4) is 0 Å². The third kappa shape index (κ3) is 7.05. The molecule has 0 spiro atoms. The first-order valence-corrected chi connectivity index (χ1v) is 21.1. The van der Waals surface area contributed by atoms with Gasteiger partial charge in [-0.1, -0.05) is 92.1 Å². The van der Waals surface area contributed by atoms with Crippen molar-refractivity contribution in [3.8, 4) is 23.1 Å². The standard InChI is InChI=1S/C54H51N6O.Pt/c1-52(2,3)34-15-20-44-41(27-34)42-28-35(53(4,5)6)16-21-45(42)59(44)38-17-22-46-43(30-38)40-19-18-39(32-49(40)60(46)50-29-36(23-25-55-50)54(7,8)9)61-51-31-37(24-26-56-51)58-33-57(10)47-13-11-12-14-48(47)58;/h11-30,33H,1-10H3;/q-3;. The fraction of sp³-hybridized carbons (Fsp3) is 0.241. The smallest absolute Gasteiger partial charge is 0.135 e. The summed E-state index contributed by atoms with van der Waals surface area (Å²) in [5.41, 5.74) is 12.2. The van der Waals surface area contributed by atoms with Crippen molar-refractivity contribution in [3.05, 3.63) is 157 Å². The minimum atomic E-state index is -0.0630. The second-order valence-corrected chi connectivity index (χ2v) is 19.5. The number of aromatic nitrogens is 4. The van der Waals surface area contributed by atoms with Gasteiger partial charge in [-0.05, 0) is 118 Å². The number of rotatable bonds is 5. The third-order valence-electron chi connectivity index (χ3n) is 12.2. The monoisotopic (exact) mass is 994 g/mol. The van der Waals surface area contributed by atoms with E-state index in [4.69, 9.17) is 9.72 Å². The van der Waals surface area contributed by atoms with Crippen LogP contribution in [0.5, 0.6) is 11.6 Å². The summed E-state index contributed by atoms with van der Waals surface area (Å²) in [6, 6.07) is 46.5. The van der Waals surface area contributed by atoms with Crippen molar-refractivity contribution in [2.24, 2.45) is 0 Å². The molecule has 7 nitrogen and oxygen atoms in total. The Balaban J connectivity index is 0.00000490. The van der Waals surface area contributed by atoms with Gasteiger partial charge in [0.1, 0.15) is 11.7 Å². The average Bonchev–Trinajstić information content (AvgIpc) is 3.86. The minimum Gasteiger partial charge on any atom is -0.504 e. The molecule has 0 fully saturated rings. The van der Waals surface area contributed by atoms with Crippen molar-refractivity contribution in [1.29, 1.82) is 0 Å². The first-order valence-electron chi connectivity index (χ1n) is 21.1. The van der Waals surface area contributed by atoms with Crippen LogP contribution >= 0.6 is 0 Å². The molecule has 0 bridgehead atoms. The maximum Gasteiger partial charge on any atom is 0.135 e. The van der Waals surface area contributed by atoms with E-state index in [1.54, 1.807) is 6.20 Å². The normalized spacial score (nSPS) is 13.4. The van der Waals surface area contributed by atoms with E-state index in [-0.39, 0.29) is 37.3 Å². The summed E-state index contributed by atoms with van der Waals surface area (Å²) in [5.74, 6) is 1.73. The van der Waals surface area contributed by atoms with Crippen LogP contribution in [0.1, 0.15) is 79.0 Å². The van der Waals surface area contributed by atoms with Gasteiger partial charge in [0.15, 0.2) is 0 Å². The van der Waals surface area contributed by atoms with Crippen molar-refractivity contribution in [2.45, 2.75) is 78.6 Å². The summed E-state index contributed by atoms with van der Waals surface area (Å²) in [5, 5.41) is 4.69. The Kier molecular flexibility index (Phi) is 9.94. The van der Waals surface area contributed by atoms with Gasteiger partial charge in [-0.25, -0.2) is 4.98 Å². The van der Waals surface area contributed by atoms with Crippen LogP contribution in [0.15, 0.2) is 122 Å². The Morgan fingerprint density at radius 3 is 1.79 bits per heavy atom. The zero-order valence-corrected chi connectivity index (χ0v) is 39.3. The summed E-state index contributed by atoms with van der Waals surface area (Å²) >= 11 is 0. The summed E-state index contributed by atoms with van der Waals surface area (Å²) in [6.07, 6.45) is 3.67. The molecule has 0 amide bonds. The fourth-order valence-corrected chi connectivity index (χ4v) is 8.70. The van der Waals surface area contributed by atoms with Crippen LogP contribution in [-0.2, 0) is 37.3 Å². The Morgan fingerprint density at radius 1 is 0.548 bits per heavy atom. The molecule has 4 aromatic heterocycles. The summed E-state index contributed by atoms with van der Waals surface area (Å²) in [4.78, 5) is 13.7. The first kappa shape index (κ1) is 41.4. The van der Waals surface area contributed by atoms with Crippen molar-refractivity contribution in [1.82, 2.24) is 19.1 Å². The number of pyridine rings is 2. The van der Waals surface area contributed by atoms with Crippen molar-refractivity contribution < 1.29 is 25.8 Å². The average molecular weight is 995 g/mol. The molecule has 9 aromatic rings. The van der Waals surface area contributed by atoms with Gasteiger partial charge >= 0.3 is 0 Å². The third-order valence-corrected chi connectivity index (χ3v) is 12.2. The predicted molar refractivity (Wildman–Crippen MR) is 252 cm³/mol. The molecular formula is C54H51N6OPt-3. The first-order chi connectivity index (χ1) is 29.0. The van der Waals surface area contributed by atoms with E-state index in [2.05, 4.69) is 190 Å². The number of fused-ring (bicyclic) bond motifs is 7. The minimum absolute atomic E-state index is 0. The van der Waals surface area contributed by atoms with Crippen LogP contribution in [0.2, 0.25) is 0 Å². The Hall–Kier alpha value is -5.91. The zero-order chi connectivity index (χ0) is 42.6. The molecule has 5 heterocycles. The molecule has 0 radical (unpaired) electrons. The molecule has 1 aliphatic heterocycles. The SMILES string of the molecule is CN1[CH-]N(c2[c-]c(Oc3[c-]c4c(cc3)c3cc(-n5c6ccc(C(C)(C)C)cc6c6cc(C(C)(C)C)ccc65)ccc3n4-c3cc(C(C)(C)C)ccn3)ncc2)c2ccccc21.[Pt]. The molecule has 0 unspecified atom stereocenters. The van der Waals surface area contributed by atoms with Crippen LogP contribution in [-0.4, -0.2) is 26.1 Å². The zero-order valence-electron chi connectivity index (χ0n) is 37.0. The van der Waals surface area contributed by atoms with Gasteiger partial charge in [0.2, 0.25) is 0 Å². The number of hydrogen-bond acceptors (Lipinski definition) is 5. The van der Waals surface area contributed by atoms with E-state index in [1.807, 2.05) is 37.5 Å². The van der Waals surface area contributed by atoms with Crippen LogP contribution in [0, 0.1) is 18.8 Å². The van der Waals surface area contributed by atoms with Crippen LogP contribution < -0.4 is 14.5 Å². The van der Waals surface area contributed by atoms with Crippen LogP contribution in [0.25, 0.3) is 55.1 Å². The van der Waals surface area contributed by atoms with Gasteiger partial charge in [0, 0.05) is 66.4 Å². The molecule has 8 heteroatoms. The number of nitrogens with zero attached hydrogens (tertiary/aromatic N) is 6.